The number of amides is 2. The molecule has 11 heteroatoms. The van der Waals surface area contributed by atoms with Gasteiger partial charge in [-0.25, -0.2) is 13.8 Å². The van der Waals surface area contributed by atoms with Crippen molar-refractivity contribution in [2.45, 2.75) is 20.3 Å². The number of hydrogen-bond donors (Lipinski definition) is 2. The van der Waals surface area contributed by atoms with Crippen LogP contribution in [0.25, 0.3) is 20.7 Å². The van der Waals surface area contributed by atoms with Gasteiger partial charge in [-0.3, -0.25) is 14.3 Å². The lowest BCUT2D eigenvalue weighted by molar-refractivity contribution is 0.100. The van der Waals surface area contributed by atoms with Crippen molar-refractivity contribution in [2.24, 2.45) is 12.8 Å². The average molecular weight is 462 g/mol. The van der Waals surface area contributed by atoms with Crippen LogP contribution in [0, 0.1) is 13.8 Å². The Hall–Kier alpha value is -3.18. The lowest BCUT2D eigenvalue weighted by Gasteiger charge is -2.09. The smallest absolute Gasteiger partial charge is 0.280 e. The molecule has 4 aromatic rings. The quantitative estimate of drug-likeness (QED) is 0.451. The van der Waals surface area contributed by atoms with E-state index in [0.717, 1.165) is 21.9 Å². The maximum atomic E-state index is 13.5. The molecule has 160 valence electrons. The highest BCUT2D eigenvalue weighted by Crippen LogP contribution is 2.44. The topological polar surface area (TPSA) is 103 Å². The Balaban J connectivity index is 1.95. The number of primary amides is 1. The third kappa shape index (κ3) is 3.81. The highest BCUT2D eigenvalue weighted by Gasteiger charge is 2.26. The van der Waals surface area contributed by atoms with Crippen molar-refractivity contribution < 1.29 is 18.4 Å². The summed E-state index contributed by atoms with van der Waals surface area (Å²) in [5.74, 6) is -1.33. The van der Waals surface area contributed by atoms with Gasteiger partial charge in [0.1, 0.15) is 15.4 Å². The van der Waals surface area contributed by atoms with Crippen LogP contribution in [0.5, 0.6) is 0 Å². The molecule has 0 spiro atoms. The van der Waals surface area contributed by atoms with Crippen LogP contribution >= 0.6 is 22.7 Å². The van der Waals surface area contributed by atoms with Crippen LogP contribution in [0.4, 0.5) is 14.5 Å². The number of carbonyl (C=O) groups excluding carboxylic acids is 2. The number of aromatic nitrogens is 3. The van der Waals surface area contributed by atoms with E-state index in [1.165, 1.54) is 17.4 Å². The van der Waals surface area contributed by atoms with E-state index in [0.29, 0.717) is 15.8 Å². The predicted octanol–water partition coefficient (Wildman–Crippen LogP) is 4.66. The molecule has 0 saturated carbocycles. The number of halogens is 2. The minimum atomic E-state index is -2.79. The van der Waals surface area contributed by atoms with Gasteiger partial charge < -0.3 is 11.1 Å². The predicted molar refractivity (Wildman–Crippen MR) is 117 cm³/mol. The Labute approximate surface area is 183 Å². The second kappa shape index (κ2) is 7.82. The molecule has 0 aliphatic rings. The lowest BCUT2D eigenvalue weighted by Crippen LogP contribution is -2.17. The molecule has 4 aromatic heterocycles. The number of rotatable bonds is 5. The number of fused-ring (bicyclic) bond motifs is 1. The first-order valence-corrected chi connectivity index (χ1v) is 10.7. The summed E-state index contributed by atoms with van der Waals surface area (Å²) in [6, 6.07) is 6.56. The molecule has 0 bridgehead atoms. The maximum absolute atomic E-state index is 13.5. The fraction of sp³-hybridized carbons (Fsp3) is 0.200. The number of nitrogens with one attached hydrogen (secondary N) is 1. The zero-order chi connectivity index (χ0) is 22.4. The first-order valence-electron chi connectivity index (χ1n) is 9.10. The number of hydrogen-bond acceptors (Lipinski definition) is 6. The van der Waals surface area contributed by atoms with Crippen LogP contribution in [0.1, 0.15) is 42.9 Å². The molecule has 0 fully saturated rings. The van der Waals surface area contributed by atoms with Crippen molar-refractivity contribution in [3.63, 3.8) is 0 Å². The number of carbonyl (C=O) groups is 2. The van der Waals surface area contributed by atoms with Crippen LogP contribution in [0.15, 0.2) is 24.3 Å². The maximum Gasteiger partial charge on any atom is 0.280 e. The number of aryl methyl sites for hydroxylation is 3. The zero-order valence-corrected chi connectivity index (χ0v) is 18.3. The second-order valence-corrected chi connectivity index (χ2v) is 9.19. The monoisotopic (exact) mass is 461 g/mol. The number of pyridine rings is 1. The van der Waals surface area contributed by atoms with Crippen molar-refractivity contribution in [2.75, 3.05) is 5.32 Å². The Morgan fingerprint density at radius 2 is 1.94 bits per heavy atom. The Morgan fingerprint density at radius 3 is 2.48 bits per heavy atom. The van der Waals surface area contributed by atoms with Crippen LogP contribution in [0.2, 0.25) is 0 Å². The van der Waals surface area contributed by atoms with E-state index in [4.69, 9.17) is 5.73 Å². The van der Waals surface area contributed by atoms with Gasteiger partial charge in [-0.2, -0.15) is 5.10 Å². The summed E-state index contributed by atoms with van der Waals surface area (Å²) in [4.78, 5) is 30.9. The van der Waals surface area contributed by atoms with Gasteiger partial charge >= 0.3 is 0 Å². The van der Waals surface area contributed by atoms with Crippen molar-refractivity contribution in [3.8, 4) is 10.4 Å². The van der Waals surface area contributed by atoms with Gasteiger partial charge in [-0.1, -0.05) is 0 Å². The van der Waals surface area contributed by atoms with E-state index in [1.807, 2.05) is 13.0 Å². The SMILES string of the molecule is Cc1ccc(-c2cc(C(F)F)nc3sc(C(N)=O)c(NC(=O)c4cc(C)n(C)n4)c23)s1. The molecular formula is C20H17F2N5O2S2. The molecule has 31 heavy (non-hydrogen) atoms. The van der Waals surface area contributed by atoms with E-state index in [1.54, 1.807) is 30.8 Å². The summed E-state index contributed by atoms with van der Waals surface area (Å²) in [5, 5.41) is 7.25. The number of anilines is 1. The van der Waals surface area contributed by atoms with Gasteiger partial charge in [0.05, 0.1) is 5.69 Å². The molecule has 4 rings (SSSR count). The van der Waals surface area contributed by atoms with E-state index in [2.05, 4.69) is 15.4 Å². The Kier molecular flexibility index (Phi) is 5.31. The Bertz CT molecular complexity index is 1320. The van der Waals surface area contributed by atoms with E-state index >= 15 is 0 Å². The molecule has 7 nitrogen and oxygen atoms in total. The van der Waals surface area contributed by atoms with Crippen LogP contribution in [-0.2, 0) is 7.05 Å². The first-order chi connectivity index (χ1) is 14.7. The molecule has 4 heterocycles. The molecule has 0 unspecified atom stereocenters. The number of nitrogens with zero attached hydrogens (tertiary/aromatic N) is 3. The Morgan fingerprint density at radius 1 is 1.19 bits per heavy atom. The minimum absolute atomic E-state index is 0.0319. The van der Waals surface area contributed by atoms with E-state index in [9.17, 15) is 18.4 Å². The molecule has 0 radical (unpaired) electrons. The van der Waals surface area contributed by atoms with Crippen LogP contribution < -0.4 is 11.1 Å². The van der Waals surface area contributed by atoms with Gasteiger partial charge in [0.2, 0.25) is 0 Å². The summed E-state index contributed by atoms with van der Waals surface area (Å²) in [7, 11) is 1.70. The van der Waals surface area contributed by atoms with E-state index in [-0.39, 0.29) is 21.1 Å². The molecule has 3 N–H and O–H groups in total. The fourth-order valence-corrected chi connectivity index (χ4v) is 5.05. The highest BCUT2D eigenvalue weighted by atomic mass is 32.1. The third-order valence-corrected chi connectivity index (χ3v) is 6.85. The van der Waals surface area contributed by atoms with Gasteiger partial charge in [0.25, 0.3) is 18.2 Å². The van der Waals surface area contributed by atoms with Crippen molar-refractivity contribution in [1.29, 1.82) is 0 Å². The lowest BCUT2D eigenvalue weighted by atomic mass is 10.1. The van der Waals surface area contributed by atoms with Crippen LogP contribution in [-0.4, -0.2) is 26.6 Å². The van der Waals surface area contributed by atoms with Gasteiger partial charge in [-0.05, 0) is 38.1 Å². The summed E-state index contributed by atoms with van der Waals surface area (Å²) >= 11 is 2.28. The summed E-state index contributed by atoms with van der Waals surface area (Å²) < 4.78 is 28.6. The molecule has 0 aliphatic heterocycles. The van der Waals surface area contributed by atoms with Gasteiger partial charge in [0, 0.05) is 33.4 Å². The highest BCUT2D eigenvalue weighted by molar-refractivity contribution is 7.21. The average Bonchev–Trinajstić information content (AvgIpc) is 3.39. The second-order valence-electron chi connectivity index (χ2n) is 6.90. The molecular weight excluding hydrogens is 444 g/mol. The van der Waals surface area contributed by atoms with Crippen molar-refractivity contribution in [3.05, 3.63) is 51.1 Å². The molecule has 0 aromatic carbocycles. The van der Waals surface area contributed by atoms with Crippen molar-refractivity contribution in [1.82, 2.24) is 14.8 Å². The van der Waals surface area contributed by atoms with Crippen molar-refractivity contribution >= 4 is 50.4 Å². The minimum Gasteiger partial charge on any atom is -0.365 e. The standard InChI is InChI=1S/C20H17F2N5O2S2/c1-8-6-12(26-27(8)3)19(29)25-15-14-10(13-5-4-9(2)30-13)7-11(17(21)22)24-20(14)31-16(15)18(23)28/h4-7,17H,1-3H3,(H2,23,28)(H,25,29). The number of thiophene rings is 2. The molecule has 2 amide bonds. The normalized spacial score (nSPS) is 11.4. The fourth-order valence-electron chi connectivity index (χ4n) is 3.14. The molecule has 0 atom stereocenters. The summed E-state index contributed by atoms with van der Waals surface area (Å²) in [6.45, 7) is 3.70. The number of alkyl halides is 2. The zero-order valence-electron chi connectivity index (χ0n) is 16.7. The first kappa shape index (κ1) is 21.1. The van der Waals surface area contributed by atoms with E-state index < -0.39 is 23.9 Å². The summed E-state index contributed by atoms with van der Waals surface area (Å²) in [5.41, 5.74) is 6.65. The molecule has 0 saturated heterocycles. The van der Waals surface area contributed by atoms with Crippen LogP contribution in [0.3, 0.4) is 0 Å². The van der Waals surface area contributed by atoms with Gasteiger partial charge in [-0.15, -0.1) is 22.7 Å². The largest absolute Gasteiger partial charge is 0.365 e. The third-order valence-electron chi connectivity index (χ3n) is 4.72. The number of nitrogens with two attached hydrogens (primary N) is 1. The van der Waals surface area contributed by atoms with Gasteiger partial charge in [0.15, 0.2) is 5.69 Å². The summed E-state index contributed by atoms with van der Waals surface area (Å²) in [6.07, 6.45) is -2.79. The molecule has 0 aliphatic carbocycles.